The number of aromatic nitrogens is 2. The molecule has 0 saturated carbocycles. The van der Waals surface area contributed by atoms with Crippen LogP contribution in [0.2, 0.25) is 5.02 Å². The standard InChI is InChI=1S/C19H16ClFN4O/c20-15-4-1-3-13(9-15)7-8-22-18(26)14-11-23-19(24-12-14)25-17-6-2-5-16(21)10-17/h1-6,9-12H,7-8H2,(H,22,26)(H,23,24,25). The maximum absolute atomic E-state index is 13.2. The molecule has 0 bridgehead atoms. The van der Waals surface area contributed by atoms with E-state index >= 15 is 0 Å². The maximum atomic E-state index is 13.2. The van der Waals surface area contributed by atoms with Crippen LogP contribution in [0.25, 0.3) is 0 Å². The highest BCUT2D eigenvalue weighted by Gasteiger charge is 2.07. The minimum Gasteiger partial charge on any atom is -0.352 e. The summed E-state index contributed by atoms with van der Waals surface area (Å²) in [4.78, 5) is 20.3. The van der Waals surface area contributed by atoms with Gasteiger partial charge in [0.05, 0.1) is 5.56 Å². The van der Waals surface area contributed by atoms with Gasteiger partial charge in [-0.15, -0.1) is 0 Å². The van der Waals surface area contributed by atoms with Crippen LogP contribution in [-0.4, -0.2) is 22.4 Å². The third-order valence-corrected chi connectivity index (χ3v) is 3.82. The Labute approximate surface area is 155 Å². The van der Waals surface area contributed by atoms with Crippen LogP contribution in [0.3, 0.4) is 0 Å². The van der Waals surface area contributed by atoms with Crippen molar-refractivity contribution in [3.8, 4) is 0 Å². The second-order valence-electron chi connectivity index (χ2n) is 5.57. The normalized spacial score (nSPS) is 10.4. The Balaban J connectivity index is 1.53. The number of hydrogen-bond acceptors (Lipinski definition) is 4. The van der Waals surface area contributed by atoms with Crippen LogP contribution in [0.15, 0.2) is 60.9 Å². The number of hydrogen-bond donors (Lipinski definition) is 2. The number of amides is 1. The number of carbonyl (C=O) groups excluding carboxylic acids is 1. The summed E-state index contributed by atoms with van der Waals surface area (Å²) in [6.07, 6.45) is 3.51. The molecule has 0 unspecified atom stereocenters. The summed E-state index contributed by atoms with van der Waals surface area (Å²) >= 11 is 5.93. The predicted molar refractivity (Wildman–Crippen MR) is 99.2 cm³/mol. The van der Waals surface area contributed by atoms with E-state index in [0.29, 0.717) is 29.2 Å². The number of carbonyl (C=O) groups is 1. The van der Waals surface area contributed by atoms with Crippen molar-refractivity contribution in [3.63, 3.8) is 0 Å². The molecule has 0 aliphatic heterocycles. The third-order valence-electron chi connectivity index (χ3n) is 3.58. The highest BCUT2D eigenvalue weighted by atomic mass is 35.5. The summed E-state index contributed by atoms with van der Waals surface area (Å²) in [5.41, 5.74) is 1.92. The Morgan fingerprint density at radius 1 is 1.08 bits per heavy atom. The van der Waals surface area contributed by atoms with Crippen LogP contribution in [0.4, 0.5) is 16.0 Å². The van der Waals surface area contributed by atoms with Crippen LogP contribution in [-0.2, 0) is 6.42 Å². The largest absolute Gasteiger partial charge is 0.352 e. The Kier molecular flexibility index (Phi) is 5.76. The SMILES string of the molecule is O=C(NCCc1cccc(Cl)c1)c1cnc(Nc2cccc(F)c2)nc1. The monoisotopic (exact) mass is 370 g/mol. The molecule has 0 radical (unpaired) electrons. The van der Waals surface area contributed by atoms with Crippen molar-refractivity contribution < 1.29 is 9.18 Å². The quantitative estimate of drug-likeness (QED) is 0.688. The lowest BCUT2D eigenvalue weighted by Gasteiger charge is -2.07. The van der Waals surface area contributed by atoms with E-state index in [0.717, 1.165) is 5.56 Å². The Morgan fingerprint density at radius 3 is 2.58 bits per heavy atom. The molecule has 0 aliphatic rings. The molecule has 2 aromatic carbocycles. The van der Waals surface area contributed by atoms with Gasteiger partial charge < -0.3 is 10.6 Å². The van der Waals surface area contributed by atoms with Crippen molar-refractivity contribution in [1.82, 2.24) is 15.3 Å². The number of halogens is 2. The minimum atomic E-state index is -0.356. The summed E-state index contributed by atoms with van der Waals surface area (Å²) in [5.74, 6) is -0.332. The highest BCUT2D eigenvalue weighted by molar-refractivity contribution is 6.30. The highest BCUT2D eigenvalue weighted by Crippen LogP contribution is 2.14. The fourth-order valence-corrected chi connectivity index (χ4v) is 2.53. The van der Waals surface area contributed by atoms with Crippen molar-refractivity contribution in [2.75, 3.05) is 11.9 Å². The van der Waals surface area contributed by atoms with Crippen LogP contribution >= 0.6 is 11.6 Å². The van der Waals surface area contributed by atoms with Crippen LogP contribution in [0.5, 0.6) is 0 Å². The van der Waals surface area contributed by atoms with Crippen LogP contribution < -0.4 is 10.6 Å². The molecule has 3 rings (SSSR count). The van der Waals surface area contributed by atoms with Gasteiger partial charge in [0.2, 0.25) is 5.95 Å². The van der Waals surface area contributed by atoms with Crippen molar-refractivity contribution in [1.29, 1.82) is 0 Å². The molecular weight excluding hydrogens is 355 g/mol. The third kappa shape index (κ3) is 5.00. The number of anilines is 2. The van der Waals surface area contributed by atoms with E-state index in [1.54, 1.807) is 18.2 Å². The topological polar surface area (TPSA) is 66.9 Å². The zero-order valence-electron chi connectivity index (χ0n) is 13.7. The molecule has 0 fully saturated rings. The van der Waals surface area contributed by atoms with Gasteiger partial charge in [-0.05, 0) is 42.3 Å². The van der Waals surface area contributed by atoms with Gasteiger partial charge in [-0.3, -0.25) is 4.79 Å². The van der Waals surface area contributed by atoms with Gasteiger partial charge in [-0.25, -0.2) is 14.4 Å². The van der Waals surface area contributed by atoms with Crippen molar-refractivity contribution in [2.45, 2.75) is 6.42 Å². The maximum Gasteiger partial charge on any atom is 0.254 e. The van der Waals surface area contributed by atoms with Crippen molar-refractivity contribution in [3.05, 3.63) is 82.9 Å². The molecule has 3 aromatic rings. The Morgan fingerprint density at radius 2 is 1.85 bits per heavy atom. The first-order chi connectivity index (χ1) is 12.6. The van der Waals surface area contributed by atoms with Gasteiger partial charge in [0.1, 0.15) is 5.82 Å². The molecule has 26 heavy (non-hydrogen) atoms. The first-order valence-corrected chi connectivity index (χ1v) is 8.35. The molecule has 1 heterocycles. The number of nitrogens with zero attached hydrogens (tertiary/aromatic N) is 2. The predicted octanol–water partition coefficient (Wildman–Crippen LogP) is 3.99. The second kappa shape index (κ2) is 8.40. The van der Waals surface area contributed by atoms with Gasteiger partial charge in [0.15, 0.2) is 0 Å². The first kappa shape index (κ1) is 17.8. The first-order valence-electron chi connectivity index (χ1n) is 7.97. The van der Waals surface area contributed by atoms with Crippen molar-refractivity contribution in [2.24, 2.45) is 0 Å². The second-order valence-corrected chi connectivity index (χ2v) is 6.00. The zero-order chi connectivity index (χ0) is 18.4. The molecule has 1 amide bonds. The lowest BCUT2D eigenvalue weighted by atomic mass is 10.1. The molecule has 132 valence electrons. The Bertz CT molecular complexity index is 902. The van der Waals surface area contributed by atoms with E-state index in [-0.39, 0.29) is 17.7 Å². The fraction of sp³-hybridized carbons (Fsp3) is 0.105. The van der Waals surface area contributed by atoms with Gasteiger partial charge in [0.25, 0.3) is 5.91 Å². The van der Waals surface area contributed by atoms with E-state index in [4.69, 9.17) is 11.6 Å². The molecule has 7 heteroatoms. The summed E-state index contributed by atoms with van der Waals surface area (Å²) in [5, 5.41) is 6.36. The van der Waals surface area contributed by atoms with E-state index in [1.807, 2.05) is 18.2 Å². The van der Waals surface area contributed by atoms with Crippen LogP contribution in [0.1, 0.15) is 15.9 Å². The molecule has 0 spiro atoms. The molecular formula is C19H16ClFN4O. The lowest BCUT2D eigenvalue weighted by molar-refractivity contribution is 0.0953. The lowest BCUT2D eigenvalue weighted by Crippen LogP contribution is -2.26. The number of rotatable bonds is 6. The molecule has 5 nitrogen and oxygen atoms in total. The van der Waals surface area contributed by atoms with E-state index in [9.17, 15) is 9.18 Å². The van der Waals surface area contributed by atoms with E-state index in [1.165, 1.54) is 24.5 Å². The molecule has 1 aromatic heterocycles. The average Bonchev–Trinajstić information content (AvgIpc) is 2.62. The summed E-state index contributed by atoms with van der Waals surface area (Å²) in [6, 6.07) is 13.5. The summed E-state index contributed by atoms with van der Waals surface area (Å²) < 4.78 is 13.2. The zero-order valence-corrected chi connectivity index (χ0v) is 14.5. The van der Waals surface area contributed by atoms with Gasteiger partial charge in [0, 0.05) is 29.6 Å². The van der Waals surface area contributed by atoms with Crippen molar-refractivity contribution >= 4 is 29.1 Å². The van der Waals surface area contributed by atoms with Crippen LogP contribution in [0, 0.1) is 5.82 Å². The molecule has 0 saturated heterocycles. The van der Waals surface area contributed by atoms with Gasteiger partial charge in [-0.1, -0.05) is 29.8 Å². The Hall–Kier alpha value is -2.99. The fourth-order valence-electron chi connectivity index (χ4n) is 2.32. The minimum absolute atomic E-state index is 0.260. The van der Waals surface area contributed by atoms with Gasteiger partial charge in [-0.2, -0.15) is 0 Å². The smallest absolute Gasteiger partial charge is 0.254 e. The van der Waals surface area contributed by atoms with Gasteiger partial charge >= 0.3 is 0 Å². The van der Waals surface area contributed by atoms with E-state index < -0.39 is 0 Å². The number of benzene rings is 2. The number of nitrogens with one attached hydrogen (secondary N) is 2. The average molecular weight is 371 g/mol. The summed E-state index contributed by atoms with van der Waals surface area (Å²) in [7, 11) is 0. The molecule has 0 aliphatic carbocycles. The summed E-state index contributed by atoms with van der Waals surface area (Å²) in [6.45, 7) is 0.475. The van der Waals surface area contributed by atoms with E-state index in [2.05, 4.69) is 20.6 Å². The molecule has 2 N–H and O–H groups in total. The molecule has 0 atom stereocenters.